The standard InChI is InChI=1S/C18H28O/c1-18-10-3-5-15(18)13-8-7-12-4-2-6-16(19)17(12)14(13)9-11-18/h6,12-15,17,19H,2-5,7-11H2,1H3/t12?,13-,14+,15+,17+,18+/m1/s1. The molecule has 106 valence electrons. The summed E-state index contributed by atoms with van der Waals surface area (Å²) >= 11 is 0. The number of aliphatic hydroxyl groups is 1. The van der Waals surface area contributed by atoms with Crippen molar-refractivity contribution in [1.82, 2.24) is 0 Å². The first-order valence-corrected chi connectivity index (χ1v) is 8.58. The van der Waals surface area contributed by atoms with E-state index in [0.29, 0.717) is 11.3 Å². The van der Waals surface area contributed by atoms with E-state index in [4.69, 9.17) is 0 Å². The number of fused-ring (bicyclic) bond motifs is 5. The maximum absolute atomic E-state index is 10.4. The third kappa shape index (κ3) is 1.73. The van der Waals surface area contributed by atoms with E-state index in [1.165, 1.54) is 51.4 Å². The molecule has 1 heteroatoms. The van der Waals surface area contributed by atoms with Gasteiger partial charge in [-0.2, -0.15) is 0 Å². The minimum absolute atomic E-state index is 0.539. The Labute approximate surface area is 117 Å². The SMILES string of the molecule is C[C@@]12CCC[C@H]1[C@@H]1CCC3CCC=C(O)[C@@H]3[C@H]1CC2. The van der Waals surface area contributed by atoms with Crippen LogP contribution in [0.3, 0.4) is 0 Å². The molecule has 0 aromatic heterocycles. The molecule has 19 heavy (non-hydrogen) atoms. The molecule has 0 amide bonds. The molecule has 1 nitrogen and oxygen atoms in total. The zero-order valence-corrected chi connectivity index (χ0v) is 12.3. The van der Waals surface area contributed by atoms with Crippen LogP contribution in [0.1, 0.15) is 64.7 Å². The van der Waals surface area contributed by atoms with Crippen LogP contribution < -0.4 is 0 Å². The van der Waals surface area contributed by atoms with Gasteiger partial charge in [0.2, 0.25) is 0 Å². The molecule has 0 aromatic carbocycles. The van der Waals surface area contributed by atoms with E-state index in [9.17, 15) is 5.11 Å². The lowest BCUT2D eigenvalue weighted by molar-refractivity contribution is -0.0408. The molecule has 6 atom stereocenters. The molecule has 3 fully saturated rings. The number of aliphatic hydroxyl groups excluding tert-OH is 1. The minimum atomic E-state index is 0.539. The van der Waals surface area contributed by atoms with Crippen LogP contribution in [-0.4, -0.2) is 5.11 Å². The molecule has 4 aliphatic rings. The van der Waals surface area contributed by atoms with E-state index in [2.05, 4.69) is 13.0 Å². The first-order chi connectivity index (χ1) is 9.19. The Morgan fingerprint density at radius 3 is 2.84 bits per heavy atom. The fourth-order valence-electron chi connectivity index (χ4n) is 6.47. The molecule has 0 aliphatic heterocycles. The summed E-state index contributed by atoms with van der Waals surface area (Å²) in [6.45, 7) is 2.56. The van der Waals surface area contributed by atoms with Gasteiger partial charge in [-0.3, -0.25) is 0 Å². The predicted molar refractivity (Wildman–Crippen MR) is 77.8 cm³/mol. The third-order valence-corrected chi connectivity index (χ3v) is 7.35. The van der Waals surface area contributed by atoms with Gasteiger partial charge in [-0.15, -0.1) is 0 Å². The molecule has 4 aliphatic carbocycles. The molecule has 4 rings (SSSR count). The fourth-order valence-corrected chi connectivity index (χ4v) is 6.47. The maximum atomic E-state index is 10.4. The average molecular weight is 260 g/mol. The molecule has 0 spiro atoms. The Morgan fingerprint density at radius 2 is 1.95 bits per heavy atom. The van der Waals surface area contributed by atoms with Gasteiger partial charge in [-0.05, 0) is 86.5 Å². The normalized spacial score (nSPS) is 52.9. The fraction of sp³-hybridized carbons (Fsp3) is 0.889. The van der Waals surface area contributed by atoms with E-state index in [1.807, 2.05) is 0 Å². The predicted octanol–water partition coefficient (Wildman–Crippen LogP) is 5.08. The van der Waals surface area contributed by atoms with Crippen LogP contribution in [0.5, 0.6) is 0 Å². The van der Waals surface area contributed by atoms with E-state index in [0.717, 1.165) is 35.9 Å². The number of allylic oxidation sites excluding steroid dienone is 2. The van der Waals surface area contributed by atoms with Crippen molar-refractivity contribution in [2.75, 3.05) is 0 Å². The zero-order valence-electron chi connectivity index (χ0n) is 12.3. The van der Waals surface area contributed by atoms with Crippen LogP contribution >= 0.6 is 0 Å². The smallest absolute Gasteiger partial charge is 0.0919 e. The van der Waals surface area contributed by atoms with Crippen LogP contribution in [0.4, 0.5) is 0 Å². The second-order valence-electron chi connectivity index (χ2n) is 8.09. The van der Waals surface area contributed by atoms with Crippen molar-refractivity contribution < 1.29 is 5.11 Å². The summed E-state index contributed by atoms with van der Waals surface area (Å²) < 4.78 is 0. The van der Waals surface area contributed by atoms with Crippen molar-refractivity contribution >= 4 is 0 Å². The first-order valence-electron chi connectivity index (χ1n) is 8.58. The maximum Gasteiger partial charge on any atom is 0.0919 e. The number of hydrogen-bond acceptors (Lipinski definition) is 1. The molecule has 0 aromatic rings. The van der Waals surface area contributed by atoms with E-state index in [1.54, 1.807) is 0 Å². The Kier molecular flexibility index (Phi) is 2.76. The van der Waals surface area contributed by atoms with Crippen LogP contribution in [-0.2, 0) is 0 Å². The van der Waals surface area contributed by atoms with Crippen molar-refractivity contribution in [2.45, 2.75) is 64.7 Å². The highest BCUT2D eigenvalue weighted by atomic mass is 16.3. The third-order valence-electron chi connectivity index (χ3n) is 7.35. The minimum Gasteiger partial charge on any atom is -0.512 e. The highest BCUT2D eigenvalue weighted by Crippen LogP contribution is 2.62. The Balaban J connectivity index is 1.65. The largest absolute Gasteiger partial charge is 0.512 e. The Hall–Kier alpha value is -0.460. The van der Waals surface area contributed by atoms with Crippen LogP contribution in [0, 0.1) is 35.0 Å². The van der Waals surface area contributed by atoms with Crippen molar-refractivity contribution in [3.63, 3.8) is 0 Å². The van der Waals surface area contributed by atoms with Gasteiger partial charge < -0.3 is 5.11 Å². The molecule has 0 saturated heterocycles. The monoisotopic (exact) mass is 260 g/mol. The van der Waals surface area contributed by atoms with Gasteiger partial charge in [0.1, 0.15) is 0 Å². The van der Waals surface area contributed by atoms with Gasteiger partial charge >= 0.3 is 0 Å². The van der Waals surface area contributed by atoms with Gasteiger partial charge in [-0.1, -0.05) is 13.3 Å². The highest BCUT2D eigenvalue weighted by molar-refractivity contribution is 5.12. The average Bonchev–Trinajstić information content (AvgIpc) is 2.80. The van der Waals surface area contributed by atoms with E-state index < -0.39 is 0 Å². The second kappa shape index (κ2) is 4.27. The quantitative estimate of drug-likeness (QED) is 0.644. The summed E-state index contributed by atoms with van der Waals surface area (Å²) in [4.78, 5) is 0. The molecular formula is C18H28O. The molecule has 1 N–H and O–H groups in total. The Morgan fingerprint density at radius 1 is 1.05 bits per heavy atom. The van der Waals surface area contributed by atoms with Crippen LogP contribution in [0.15, 0.2) is 11.8 Å². The van der Waals surface area contributed by atoms with Crippen molar-refractivity contribution in [1.29, 1.82) is 0 Å². The van der Waals surface area contributed by atoms with Crippen molar-refractivity contribution in [2.24, 2.45) is 35.0 Å². The summed E-state index contributed by atoms with van der Waals surface area (Å²) in [6, 6.07) is 0. The van der Waals surface area contributed by atoms with Gasteiger partial charge in [0, 0.05) is 5.92 Å². The summed E-state index contributed by atoms with van der Waals surface area (Å²) in [5, 5.41) is 10.4. The Bertz CT molecular complexity index is 398. The molecule has 0 radical (unpaired) electrons. The highest BCUT2D eigenvalue weighted by Gasteiger charge is 2.53. The van der Waals surface area contributed by atoms with Crippen LogP contribution in [0.25, 0.3) is 0 Å². The zero-order chi connectivity index (χ0) is 13.0. The lowest BCUT2D eigenvalue weighted by Gasteiger charge is -2.54. The summed E-state index contributed by atoms with van der Waals surface area (Å²) in [5.41, 5.74) is 0.655. The molecular weight excluding hydrogens is 232 g/mol. The van der Waals surface area contributed by atoms with Gasteiger partial charge in [-0.25, -0.2) is 0 Å². The van der Waals surface area contributed by atoms with Crippen molar-refractivity contribution in [3.05, 3.63) is 11.8 Å². The summed E-state index contributed by atoms with van der Waals surface area (Å²) in [6.07, 6.45) is 14.6. The molecule has 0 bridgehead atoms. The summed E-state index contributed by atoms with van der Waals surface area (Å²) in [7, 11) is 0. The first kappa shape index (κ1) is 12.3. The second-order valence-corrected chi connectivity index (χ2v) is 8.09. The molecule has 3 saturated carbocycles. The van der Waals surface area contributed by atoms with E-state index in [-0.39, 0.29) is 0 Å². The van der Waals surface area contributed by atoms with E-state index >= 15 is 0 Å². The number of rotatable bonds is 0. The summed E-state index contributed by atoms with van der Waals surface area (Å²) in [5.74, 6) is 4.83. The van der Waals surface area contributed by atoms with Crippen molar-refractivity contribution in [3.8, 4) is 0 Å². The van der Waals surface area contributed by atoms with Gasteiger partial charge in [0.15, 0.2) is 0 Å². The lowest BCUT2D eigenvalue weighted by Crippen LogP contribution is -2.46. The van der Waals surface area contributed by atoms with Gasteiger partial charge in [0.25, 0.3) is 0 Å². The number of hydrogen-bond donors (Lipinski definition) is 1. The molecule has 0 heterocycles. The molecule has 1 unspecified atom stereocenters. The van der Waals surface area contributed by atoms with Crippen LogP contribution in [0.2, 0.25) is 0 Å². The van der Waals surface area contributed by atoms with Gasteiger partial charge in [0.05, 0.1) is 5.76 Å². The lowest BCUT2D eigenvalue weighted by atomic mass is 9.51. The topological polar surface area (TPSA) is 20.2 Å².